The Morgan fingerprint density at radius 3 is 2.54 bits per heavy atom. The monoisotopic (exact) mass is 507 g/mol. The summed E-state index contributed by atoms with van der Waals surface area (Å²) in [5.74, 6) is -1.19. The number of aromatic nitrogens is 5. The summed E-state index contributed by atoms with van der Waals surface area (Å²) >= 11 is 0. The Kier molecular flexibility index (Phi) is 6.13. The molecule has 0 aromatic carbocycles. The van der Waals surface area contributed by atoms with Gasteiger partial charge in [-0.1, -0.05) is 0 Å². The van der Waals surface area contributed by atoms with E-state index in [1.54, 1.807) is 4.57 Å². The van der Waals surface area contributed by atoms with Crippen LogP contribution in [0.1, 0.15) is 30.7 Å². The molecule has 2 saturated heterocycles. The molecule has 2 unspecified atom stereocenters. The van der Waals surface area contributed by atoms with Gasteiger partial charge in [-0.2, -0.15) is 31.3 Å². The fourth-order valence-electron chi connectivity index (χ4n) is 4.45. The zero-order chi connectivity index (χ0) is 24.8. The molecule has 0 saturated carbocycles. The summed E-state index contributed by atoms with van der Waals surface area (Å²) in [6.07, 6.45) is -7.56. The van der Waals surface area contributed by atoms with E-state index in [1.807, 2.05) is 4.90 Å². The maximum Gasteiger partial charge on any atom is 0.423 e. The van der Waals surface area contributed by atoms with Gasteiger partial charge in [0.2, 0.25) is 17.8 Å². The van der Waals surface area contributed by atoms with Gasteiger partial charge in [0, 0.05) is 38.3 Å². The summed E-state index contributed by atoms with van der Waals surface area (Å²) in [7, 11) is 0. The lowest BCUT2D eigenvalue weighted by atomic mass is 9.97. The number of halogens is 6. The number of hydrogen-bond acceptors (Lipinski definition) is 8. The summed E-state index contributed by atoms with van der Waals surface area (Å²) in [5.41, 5.74) is -1.06. The largest absolute Gasteiger partial charge is 0.469 e. The fraction of sp³-hybridized carbons (Fsp3) is 0.700. The van der Waals surface area contributed by atoms with Gasteiger partial charge in [0.15, 0.2) is 0 Å². The van der Waals surface area contributed by atoms with Crippen molar-refractivity contribution in [1.82, 2.24) is 24.7 Å². The summed E-state index contributed by atoms with van der Waals surface area (Å²) in [5, 5.41) is 11.2. The van der Waals surface area contributed by atoms with Crippen molar-refractivity contribution < 1.29 is 35.8 Å². The first-order valence-corrected chi connectivity index (χ1v) is 11.3. The summed E-state index contributed by atoms with van der Waals surface area (Å²) < 4.78 is 91.4. The molecule has 5 rings (SSSR count). The second-order valence-electron chi connectivity index (χ2n) is 8.92. The van der Waals surface area contributed by atoms with Crippen LogP contribution in [0.5, 0.6) is 5.88 Å². The first kappa shape index (κ1) is 23.9. The van der Waals surface area contributed by atoms with E-state index in [0.717, 1.165) is 6.42 Å². The average molecular weight is 507 g/mol. The number of hydrogen-bond donors (Lipinski definition) is 1. The standard InChI is InChI=1S/C20H23F6N7O2/c21-19(22,23)11-3-5-33-15(6-11)30-31-18(33)32-4-1-2-12(8-32)28-17-27-7-14(20(24,25)26)16(29-17)35-13-9-34-10-13/h7,11-13H,1-6,8-10H2,(H,27,28,29). The van der Waals surface area contributed by atoms with E-state index < -0.39 is 35.8 Å². The minimum absolute atomic E-state index is 0.00335. The number of rotatable bonds is 5. The van der Waals surface area contributed by atoms with Crippen LogP contribution in [-0.2, 0) is 23.9 Å². The van der Waals surface area contributed by atoms with Crippen LogP contribution in [0.3, 0.4) is 0 Å². The smallest absolute Gasteiger partial charge is 0.423 e. The highest BCUT2D eigenvalue weighted by atomic mass is 19.4. The zero-order valence-electron chi connectivity index (χ0n) is 18.4. The van der Waals surface area contributed by atoms with E-state index in [1.165, 1.54) is 0 Å². The van der Waals surface area contributed by atoms with E-state index in [-0.39, 0.29) is 44.6 Å². The van der Waals surface area contributed by atoms with Crippen molar-refractivity contribution in [3.63, 3.8) is 0 Å². The van der Waals surface area contributed by atoms with E-state index in [4.69, 9.17) is 9.47 Å². The molecule has 3 aliphatic heterocycles. The Bertz CT molecular complexity index is 1060. The molecule has 2 atom stereocenters. The van der Waals surface area contributed by atoms with E-state index >= 15 is 0 Å². The number of ether oxygens (including phenoxy) is 2. The van der Waals surface area contributed by atoms with Crippen LogP contribution in [-0.4, -0.2) is 69.4 Å². The Labute approximate surface area is 195 Å². The lowest BCUT2D eigenvalue weighted by Crippen LogP contribution is -2.44. The van der Waals surface area contributed by atoms with Crippen LogP contribution >= 0.6 is 0 Å². The molecular weight excluding hydrogens is 484 g/mol. The number of piperidine rings is 1. The number of nitrogens with one attached hydrogen (secondary N) is 1. The van der Waals surface area contributed by atoms with Crippen LogP contribution in [0.4, 0.5) is 38.2 Å². The van der Waals surface area contributed by atoms with Crippen LogP contribution in [0.15, 0.2) is 6.20 Å². The molecule has 35 heavy (non-hydrogen) atoms. The molecule has 1 N–H and O–H groups in total. The molecule has 2 aromatic rings. The van der Waals surface area contributed by atoms with Crippen molar-refractivity contribution in [2.24, 2.45) is 5.92 Å². The molecule has 15 heteroatoms. The quantitative estimate of drug-likeness (QED) is 0.618. The predicted octanol–water partition coefficient (Wildman–Crippen LogP) is 3.07. The van der Waals surface area contributed by atoms with Crippen molar-refractivity contribution in [2.75, 3.05) is 36.5 Å². The summed E-state index contributed by atoms with van der Waals surface area (Å²) in [6, 6.07) is -0.222. The molecule has 2 aromatic heterocycles. The van der Waals surface area contributed by atoms with Gasteiger partial charge in [0.25, 0.3) is 0 Å². The number of fused-ring (bicyclic) bond motifs is 1. The number of nitrogens with zero attached hydrogens (tertiary/aromatic N) is 6. The van der Waals surface area contributed by atoms with Crippen LogP contribution < -0.4 is 15.0 Å². The molecule has 192 valence electrons. The third-order valence-electron chi connectivity index (χ3n) is 6.38. The van der Waals surface area contributed by atoms with Gasteiger partial charge < -0.3 is 19.7 Å². The lowest BCUT2D eigenvalue weighted by molar-refractivity contribution is -0.179. The summed E-state index contributed by atoms with van der Waals surface area (Å²) in [6.45, 7) is 1.59. The maximum absolute atomic E-state index is 13.4. The first-order chi connectivity index (χ1) is 16.6. The molecule has 3 aliphatic rings. The van der Waals surface area contributed by atoms with E-state index in [9.17, 15) is 26.3 Å². The minimum Gasteiger partial charge on any atom is -0.469 e. The van der Waals surface area contributed by atoms with Gasteiger partial charge in [-0.25, -0.2) is 4.98 Å². The second kappa shape index (κ2) is 8.99. The molecule has 0 bridgehead atoms. The van der Waals surface area contributed by atoms with Crippen molar-refractivity contribution in [2.45, 2.75) is 56.7 Å². The Hall–Kier alpha value is -2.84. The lowest BCUT2D eigenvalue weighted by Gasteiger charge is -2.35. The average Bonchev–Trinajstić information content (AvgIpc) is 3.19. The molecule has 0 radical (unpaired) electrons. The Morgan fingerprint density at radius 2 is 1.86 bits per heavy atom. The molecule has 9 nitrogen and oxygen atoms in total. The first-order valence-electron chi connectivity index (χ1n) is 11.3. The van der Waals surface area contributed by atoms with Crippen LogP contribution in [0, 0.1) is 5.92 Å². The number of alkyl halides is 6. The van der Waals surface area contributed by atoms with Crippen molar-refractivity contribution in [3.8, 4) is 5.88 Å². The van der Waals surface area contributed by atoms with Gasteiger partial charge >= 0.3 is 12.4 Å². The van der Waals surface area contributed by atoms with Crippen LogP contribution in [0.25, 0.3) is 0 Å². The highest BCUT2D eigenvalue weighted by molar-refractivity contribution is 5.39. The molecule has 0 spiro atoms. The van der Waals surface area contributed by atoms with Crippen molar-refractivity contribution in [1.29, 1.82) is 0 Å². The predicted molar refractivity (Wildman–Crippen MR) is 109 cm³/mol. The Morgan fingerprint density at radius 1 is 1.06 bits per heavy atom. The van der Waals surface area contributed by atoms with E-state index in [2.05, 4.69) is 25.5 Å². The topological polar surface area (TPSA) is 90.2 Å². The van der Waals surface area contributed by atoms with Gasteiger partial charge in [-0.05, 0) is 19.3 Å². The Balaban J connectivity index is 1.28. The minimum atomic E-state index is -4.67. The summed E-state index contributed by atoms with van der Waals surface area (Å²) in [4.78, 5) is 9.71. The second-order valence-corrected chi connectivity index (χ2v) is 8.92. The number of anilines is 2. The van der Waals surface area contributed by atoms with Gasteiger partial charge in [0.1, 0.15) is 17.5 Å². The van der Waals surface area contributed by atoms with E-state index in [0.29, 0.717) is 37.5 Å². The molecule has 0 amide bonds. The highest BCUT2D eigenvalue weighted by Crippen LogP contribution is 2.37. The maximum atomic E-state index is 13.4. The molecular formula is C20H23F6N7O2. The van der Waals surface area contributed by atoms with Gasteiger partial charge in [-0.15, -0.1) is 10.2 Å². The van der Waals surface area contributed by atoms with Gasteiger partial charge in [-0.3, -0.25) is 4.57 Å². The van der Waals surface area contributed by atoms with Crippen molar-refractivity contribution >= 4 is 11.9 Å². The molecule has 5 heterocycles. The van der Waals surface area contributed by atoms with Gasteiger partial charge in [0.05, 0.1) is 19.1 Å². The fourth-order valence-corrected chi connectivity index (χ4v) is 4.45. The molecule has 0 aliphatic carbocycles. The third kappa shape index (κ3) is 5.09. The zero-order valence-corrected chi connectivity index (χ0v) is 18.4. The SMILES string of the molecule is FC(F)(F)c1cnc(NC2CCCN(c3nnc4n3CCC(C(F)(F)F)C4)C2)nc1OC1COC1. The highest BCUT2D eigenvalue weighted by Gasteiger charge is 2.43. The normalized spacial score (nSPS) is 23.5. The third-order valence-corrected chi connectivity index (χ3v) is 6.38. The molecule has 2 fully saturated rings. The van der Waals surface area contributed by atoms with Crippen molar-refractivity contribution in [3.05, 3.63) is 17.6 Å². The van der Waals surface area contributed by atoms with Crippen LogP contribution in [0.2, 0.25) is 0 Å².